The number of hydrogen-bond acceptors (Lipinski definition) is 4. The van der Waals surface area contributed by atoms with E-state index in [4.69, 9.17) is 9.47 Å². The average Bonchev–Trinajstić information content (AvgIpc) is 2.35. The van der Waals surface area contributed by atoms with Crippen LogP contribution in [0.4, 0.5) is 0 Å². The lowest BCUT2D eigenvalue weighted by molar-refractivity contribution is -0.182. The molecule has 0 heterocycles. The van der Waals surface area contributed by atoms with E-state index in [9.17, 15) is 9.59 Å². The largest absolute Gasteiger partial charge is 0.469 e. The van der Waals surface area contributed by atoms with Gasteiger partial charge in [-0.05, 0) is 55.8 Å². The molecule has 4 heteroatoms. The highest BCUT2D eigenvalue weighted by atomic mass is 16.5. The summed E-state index contributed by atoms with van der Waals surface area (Å²) in [6.07, 6.45) is 6.58. The Morgan fingerprint density at radius 1 is 1.05 bits per heavy atom. The lowest BCUT2D eigenvalue weighted by atomic mass is 9.43. The SMILES string of the molecule is COC(=O)CC12C[C@@H]3C[C@@H](C1)CC(C(=O)OC)(C3)C2. The molecule has 2 atom stereocenters. The van der Waals surface area contributed by atoms with Crippen LogP contribution in [0.5, 0.6) is 0 Å². The fourth-order valence-electron chi connectivity index (χ4n) is 5.49. The summed E-state index contributed by atoms with van der Waals surface area (Å²) in [6.45, 7) is 0. The van der Waals surface area contributed by atoms with E-state index in [0.29, 0.717) is 18.3 Å². The first-order valence-electron chi connectivity index (χ1n) is 7.16. The van der Waals surface area contributed by atoms with Crippen LogP contribution in [-0.2, 0) is 19.1 Å². The molecular weight excluding hydrogens is 244 g/mol. The van der Waals surface area contributed by atoms with Crippen LogP contribution in [0.15, 0.2) is 0 Å². The Balaban J connectivity index is 1.88. The average molecular weight is 266 g/mol. The summed E-state index contributed by atoms with van der Waals surface area (Å²) in [4.78, 5) is 23.9. The van der Waals surface area contributed by atoms with E-state index in [1.807, 2.05) is 0 Å². The van der Waals surface area contributed by atoms with Crippen molar-refractivity contribution in [2.45, 2.75) is 44.9 Å². The van der Waals surface area contributed by atoms with Crippen molar-refractivity contribution in [3.8, 4) is 0 Å². The van der Waals surface area contributed by atoms with Crippen LogP contribution in [0.1, 0.15) is 44.9 Å². The summed E-state index contributed by atoms with van der Waals surface area (Å²) in [5, 5.41) is 0. The molecule has 0 unspecified atom stereocenters. The lowest BCUT2D eigenvalue weighted by Crippen LogP contribution is -2.55. The van der Waals surface area contributed by atoms with E-state index >= 15 is 0 Å². The molecule has 0 radical (unpaired) electrons. The van der Waals surface area contributed by atoms with Gasteiger partial charge in [0, 0.05) is 0 Å². The highest BCUT2D eigenvalue weighted by Gasteiger charge is 2.61. The molecule has 4 saturated carbocycles. The van der Waals surface area contributed by atoms with Crippen LogP contribution < -0.4 is 0 Å². The number of hydrogen-bond donors (Lipinski definition) is 0. The van der Waals surface area contributed by atoms with Crippen molar-refractivity contribution in [2.75, 3.05) is 14.2 Å². The zero-order valence-electron chi connectivity index (χ0n) is 11.7. The molecule has 4 nitrogen and oxygen atoms in total. The topological polar surface area (TPSA) is 52.6 Å². The van der Waals surface area contributed by atoms with E-state index in [1.54, 1.807) is 0 Å². The molecular formula is C15H22O4. The molecule has 4 aliphatic rings. The number of rotatable bonds is 3. The normalized spacial score (nSPS) is 43.1. The number of methoxy groups -OCH3 is 2. The third kappa shape index (κ3) is 1.96. The van der Waals surface area contributed by atoms with Gasteiger partial charge < -0.3 is 9.47 Å². The van der Waals surface area contributed by atoms with Gasteiger partial charge in [-0.25, -0.2) is 0 Å². The van der Waals surface area contributed by atoms with Crippen molar-refractivity contribution in [1.29, 1.82) is 0 Å². The summed E-state index contributed by atoms with van der Waals surface area (Å²) in [5.41, 5.74) is -0.321. The second kappa shape index (κ2) is 4.22. The predicted octanol–water partition coefficient (Wildman–Crippen LogP) is 2.31. The molecule has 19 heavy (non-hydrogen) atoms. The van der Waals surface area contributed by atoms with Gasteiger partial charge in [-0.1, -0.05) is 0 Å². The quantitative estimate of drug-likeness (QED) is 0.736. The first-order chi connectivity index (χ1) is 9.01. The van der Waals surface area contributed by atoms with E-state index in [1.165, 1.54) is 20.6 Å². The smallest absolute Gasteiger partial charge is 0.311 e. The summed E-state index contributed by atoms with van der Waals surface area (Å²) >= 11 is 0. The van der Waals surface area contributed by atoms with E-state index in [0.717, 1.165) is 32.1 Å². The molecule has 0 aromatic rings. The number of esters is 2. The van der Waals surface area contributed by atoms with Crippen molar-refractivity contribution < 1.29 is 19.1 Å². The second-order valence-electron chi connectivity index (χ2n) is 6.99. The molecule has 0 N–H and O–H groups in total. The number of carbonyl (C=O) groups excluding carboxylic acids is 2. The Labute approximate surface area is 113 Å². The maximum atomic E-state index is 12.2. The monoisotopic (exact) mass is 266 g/mol. The van der Waals surface area contributed by atoms with Crippen molar-refractivity contribution in [1.82, 2.24) is 0 Å². The summed E-state index contributed by atoms with van der Waals surface area (Å²) in [5.74, 6) is 0.979. The van der Waals surface area contributed by atoms with Gasteiger partial charge in [-0.3, -0.25) is 9.59 Å². The van der Waals surface area contributed by atoms with E-state index < -0.39 is 0 Å². The fraction of sp³-hybridized carbons (Fsp3) is 0.867. The molecule has 0 aliphatic heterocycles. The summed E-state index contributed by atoms with van der Waals surface area (Å²) in [6, 6.07) is 0. The molecule has 4 aliphatic carbocycles. The predicted molar refractivity (Wildman–Crippen MR) is 68.2 cm³/mol. The Morgan fingerprint density at radius 2 is 1.68 bits per heavy atom. The van der Waals surface area contributed by atoms with Gasteiger partial charge in [0.25, 0.3) is 0 Å². The Bertz CT molecular complexity index is 400. The molecule has 4 bridgehead atoms. The highest BCUT2D eigenvalue weighted by Crippen LogP contribution is 2.66. The van der Waals surface area contributed by atoms with Gasteiger partial charge in [0.05, 0.1) is 26.1 Å². The molecule has 4 rings (SSSR count). The third-order valence-corrected chi connectivity index (χ3v) is 5.55. The fourth-order valence-corrected chi connectivity index (χ4v) is 5.49. The van der Waals surface area contributed by atoms with Gasteiger partial charge in [-0.15, -0.1) is 0 Å². The molecule has 0 aromatic carbocycles. The minimum Gasteiger partial charge on any atom is -0.469 e. The first kappa shape index (κ1) is 12.9. The Kier molecular flexibility index (Phi) is 2.88. The van der Waals surface area contributed by atoms with Gasteiger partial charge in [0.1, 0.15) is 0 Å². The van der Waals surface area contributed by atoms with Gasteiger partial charge >= 0.3 is 11.9 Å². The number of ether oxygens (including phenoxy) is 2. The van der Waals surface area contributed by atoms with Crippen LogP contribution in [0, 0.1) is 22.7 Å². The molecule has 106 valence electrons. The van der Waals surface area contributed by atoms with Crippen molar-refractivity contribution in [3.05, 3.63) is 0 Å². The van der Waals surface area contributed by atoms with E-state index in [2.05, 4.69) is 0 Å². The van der Waals surface area contributed by atoms with Gasteiger partial charge in [0.2, 0.25) is 0 Å². The second-order valence-corrected chi connectivity index (χ2v) is 6.99. The van der Waals surface area contributed by atoms with Crippen LogP contribution in [-0.4, -0.2) is 26.2 Å². The van der Waals surface area contributed by atoms with Gasteiger partial charge in [0.15, 0.2) is 0 Å². The number of carbonyl (C=O) groups is 2. The lowest BCUT2D eigenvalue weighted by Gasteiger charge is -2.60. The van der Waals surface area contributed by atoms with Crippen LogP contribution in [0.3, 0.4) is 0 Å². The van der Waals surface area contributed by atoms with Crippen LogP contribution in [0.2, 0.25) is 0 Å². The van der Waals surface area contributed by atoms with Crippen molar-refractivity contribution in [3.63, 3.8) is 0 Å². The van der Waals surface area contributed by atoms with Crippen LogP contribution >= 0.6 is 0 Å². The summed E-state index contributed by atoms with van der Waals surface area (Å²) in [7, 11) is 2.92. The standard InChI is InChI=1S/C15H22O4/c1-18-12(16)8-14-4-10-3-11(5-14)7-15(6-10,9-14)13(17)19-2/h10-11H,3-9H2,1-2H3/t10-,11-,14?,15?/m0/s1. The molecule has 0 aromatic heterocycles. The molecule has 0 spiro atoms. The molecule has 0 saturated heterocycles. The Morgan fingerprint density at radius 3 is 2.21 bits per heavy atom. The van der Waals surface area contributed by atoms with Crippen molar-refractivity contribution >= 4 is 11.9 Å². The highest BCUT2D eigenvalue weighted by molar-refractivity contribution is 5.78. The maximum absolute atomic E-state index is 12.2. The third-order valence-electron chi connectivity index (χ3n) is 5.55. The maximum Gasteiger partial charge on any atom is 0.311 e. The molecule has 0 amide bonds. The minimum absolute atomic E-state index is 0.00856. The van der Waals surface area contributed by atoms with Crippen LogP contribution in [0.25, 0.3) is 0 Å². The Hall–Kier alpha value is -1.06. The first-order valence-corrected chi connectivity index (χ1v) is 7.16. The zero-order chi connectivity index (χ0) is 13.7. The molecule has 4 fully saturated rings. The minimum atomic E-state index is -0.313. The summed E-state index contributed by atoms with van der Waals surface area (Å²) < 4.78 is 9.91. The van der Waals surface area contributed by atoms with Gasteiger partial charge in [-0.2, -0.15) is 0 Å². The zero-order valence-corrected chi connectivity index (χ0v) is 11.7. The van der Waals surface area contributed by atoms with E-state index in [-0.39, 0.29) is 22.8 Å². The van der Waals surface area contributed by atoms with Crippen molar-refractivity contribution in [2.24, 2.45) is 22.7 Å².